The van der Waals surface area contributed by atoms with Crippen LogP contribution >= 0.6 is 0 Å². The number of fused-ring (bicyclic) bond motifs is 1. The first-order chi connectivity index (χ1) is 18.8. The van der Waals surface area contributed by atoms with Crippen molar-refractivity contribution in [2.75, 3.05) is 32.0 Å². The summed E-state index contributed by atoms with van der Waals surface area (Å²) in [6.07, 6.45) is 3.67. The zero-order valence-corrected chi connectivity index (χ0v) is 22.2. The average molecular weight is 537 g/mol. The van der Waals surface area contributed by atoms with E-state index in [0.29, 0.717) is 49.4 Å². The molecular weight excluding hydrogens is 500 g/mol. The van der Waals surface area contributed by atoms with Gasteiger partial charge in [0.2, 0.25) is 0 Å². The van der Waals surface area contributed by atoms with Gasteiger partial charge < -0.3 is 31.2 Å². The Morgan fingerprint density at radius 2 is 1.97 bits per heavy atom. The van der Waals surface area contributed by atoms with Crippen LogP contribution in [0.2, 0.25) is 0 Å². The summed E-state index contributed by atoms with van der Waals surface area (Å²) in [6.45, 7) is 5.94. The topological polar surface area (TPSA) is 182 Å². The Morgan fingerprint density at radius 3 is 2.69 bits per heavy atom. The fourth-order valence-electron chi connectivity index (χ4n) is 4.43. The third-order valence-corrected chi connectivity index (χ3v) is 6.61. The van der Waals surface area contributed by atoms with E-state index < -0.39 is 24.5 Å². The van der Waals surface area contributed by atoms with Crippen LogP contribution in [-0.2, 0) is 9.47 Å². The van der Waals surface area contributed by atoms with Gasteiger partial charge in [0, 0.05) is 25.7 Å². The van der Waals surface area contributed by atoms with Crippen LogP contribution in [-0.4, -0.2) is 91.3 Å². The number of aromatic nitrogens is 4. The molecule has 39 heavy (non-hydrogen) atoms. The average Bonchev–Trinajstić information content (AvgIpc) is 3.48. The molecule has 5 atom stereocenters. The number of hydrogen-bond acceptors (Lipinski definition) is 11. The number of nitrogens with zero attached hydrogens (tertiary/aromatic N) is 6. The highest BCUT2D eigenvalue weighted by molar-refractivity contribution is 5.81. The summed E-state index contributed by atoms with van der Waals surface area (Å²) < 4.78 is 13.4. The maximum absolute atomic E-state index is 10.9. The number of nitriles is 1. The molecule has 0 amide bonds. The Morgan fingerprint density at radius 1 is 1.21 bits per heavy atom. The van der Waals surface area contributed by atoms with Gasteiger partial charge in [-0.2, -0.15) is 5.26 Å². The van der Waals surface area contributed by atoms with E-state index in [-0.39, 0.29) is 18.0 Å². The van der Waals surface area contributed by atoms with E-state index in [9.17, 15) is 10.2 Å². The first-order valence-electron chi connectivity index (χ1n) is 13.0. The molecule has 0 spiro atoms. The van der Waals surface area contributed by atoms with Gasteiger partial charge in [0.25, 0.3) is 0 Å². The van der Waals surface area contributed by atoms with Gasteiger partial charge in [-0.05, 0) is 38.0 Å². The summed E-state index contributed by atoms with van der Waals surface area (Å²) >= 11 is 0. The van der Waals surface area contributed by atoms with Crippen molar-refractivity contribution in [3.8, 4) is 6.07 Å². The van der Waals surface area contributed by atoms with Crippen molar-refractivity contribution in [2.45, 2.75) is 57.0 Å². The predicted octanol–water partition coefficient (Wildman–Crippen LogP) is 1.06. The lowest BCUT2D eigenvalue weighted by Gasteiger charge is -2.27. The van der Waals surface area contributed by atoms with Crippen LogP contribution in [0, 0.1) is 11.3 Å². The third-order valence-electron chi connectivity index (χ3n) is 6.61. The number of benzene rings is 1. The van der Waals surface area contributed by atoms with Crippen molar-refractivity contribution in [2.24, 2.45) is 5.73 Å². The molecule has 3 heterocycles. The summed E-state index contributed by atoms with van der Waals surface area (Å²) in [5.41, 5.74) is 14.6. The zero-order chi connectivity index (χ0) is 27.9. The normalized spacial score (nSPS) is 22.3. The minimum Gasteiger partial charge on any atom is -0.387 e. The van der Waals surface area contributed by atoms with Crippen LogP contribution < -0.4 is 11.5 Å². The first kappa shape index (κ1) is 28.6. The van der Waals surface area contributed by atoms with Crippen LogP contribution in [0.3, 0.4) is 0 Å². The van der Waals surface area contributed by atoms with E-state index in [0.717, 1.165) is 5.56 Å². The van der Waals surface area contributed by atoms with Gasteiger partial charge in [-0.25, -0.2) is 15.0 Å². The minimum atomic E-state index is -1.19. The number of rotatable bonds is 12. The van der Waals surface area contributed by atoms with Crippen molar-refractivity contribution in [3.05, 3.63) is 54.1 Å². The van der Waals surface area contributed by atoms with Crippen molar-refractivity contribution in [3.63, 3.8) is 0 Å². The SMILES string of the molecule is CC(C)OCC(N)CCN(C/C=C/c1ccc(C#N)cc1)C[C@H]1O[C@@H](n2cnc3c(N)ncnc32)[C@H](O)[C@@H]1O. The van der Waals surface area contributed by atoms with Gasteiger partial charge in [0.05, 0.1) is 30.7 Å². The Bertz CT molecular complexity index is 1290. The summed E-state index contributed by atoms with van der Waals surface area (Å²) in [4.78, 5) is 14.5. The summed E-state index contributed by atoms with van der Waals surface area (Å²) in [7, 11) is 0. The Kier molecular flexibility index (Phi) is 9.58. The largest absolute Gasteiger partial charge is 0.387 e. The standard InChI is InChI=1S/C27H36N8O4/c1-17(2)38-14-20(29)9-11-34(10-3-4-18-5-7-19(12-28)8-6-18)13-21-23(36)24(37)27(39-21)35-16-33-22-25(30)31-15-32-26(22)35/h3-8,15-17,20-21,23-24,27,36-37H,9-11,13-14,29H2,1-2H3,(H2,30,31,32)/b4-3+/t20?,21-,23-,24-,27-/m1/s1. The fraction of sp³-hybridized carbons (Fsp3) is 0.481. The van der Waals surface area contributed by atoms with E-state index in [4.69, 9.17) is 26.2 Å². The summed E-state index contributed by atoms with van der Waals surface area (Å²) in [5, 5.41) is 30.8. The van der Waals surface area contributed by atoms with Gasteiger partial charge in [-0.15, -0.1) is 0 Å². The molecule has 0 radical (unpaired) electrons. The van der Waals surface area contributed by atoms with E-state index in [1.165, 1.54) is 12.7 Å². The lowest BCUT2D eigenvalue weighted by atomic mass is 10.1. The molecule has 2 aromatic heterocycles. The Hall–Kier alpha value is -3.44. The van der Waals surface area contributed by atoms with Gasteiger partial charge in [-0.1, -0.05) is 24.3 Å². The number of ether oxygens (including phenoxy) is 2. The lowest BCUT2D eigenvalue weighted by molar-refractivity contribution is -0.0436. The number of anilines is 1. The molecular formula is C27H36N8O4. The maximum atomic E-state index is 10.9. The van der Waals surface area contributed by atoms with Crippen LogP contribution in [0.25, 0.3) is 17.2 Å². The smallest absolute Gasteiger partial charge is 0.167 e. The van der Waals surface area contributed by atoms with Gasteiger partial charge >= 0.3 is 0 Å². The molecule has 1 aliphatic rings. The monoisotopic (exact) mass is 536 g/mol. The van der Waals surface area contributed by atoms with Crippen LogP contribution in [0.1, 0.15) is 37.6 Å². The molecule has 1 unspecified atom stereocenters. The molecule has 0 saturated carbocycles. The van der Waals surface area contributed by atoms with Crippen molar-refractivity contribution in [1.82, 2.24) is 24.4 Å². The third kappa shape index (κ3) is 7.15. The van der Waals surface area contributed by atoms with Crippen molar-refractivity contribution < 1.29 is 19.7 Å². The second-order valence-corrected chi connectivity index (χ2v) is 9.96. The molecule has 6 N–H and O–H groups in total. The molecule has 3 aromatic rings. The van der Waals surface area contributed by atoms with E-state index in [2.05, 4.69) is 25.9 Å². The zero-order valence-electron chi connectivity index (χ0n) is 22.2. The molecule has 12 heteroatoms. The number of aliphatic hydroxyl groups is 2. The number of hydrogen-bond donors (Lipinski definition) is 4. The molecule has 1 fully saturated rings. The Labute approximate surface area is 227 Å². The molecule has 208 valence electrons. The van der Waals surface area contributed by atoms with E-state index >= 15 is 0 Å². The number of nitrogens with two attached hydrogens (primary N) is 2. The quantitative estimate of drug-likeness (QED) is 0.260. The molecule has 0 aliphatic carbocycles. The molecule has 1 aromatic carbocycles. The lowest BCUT2D eigenvalue weighted by Crippen LogP contribution is -2.42. The van der Waals surface area contributed by atoms with Crippen LogP contribution in [0.15, 0.2) is 43.0 Å². The summed E-state index contributed by atoms with van der Waals surface area (Å²) in [6, 6.07) is 9.28. The number of imidazole rings is 1. The van der Waals surface area contributed by atoms with Gasteiger partial charge in [0.15, 0.2) is 17.7 Å². The van der Waals surface area contributed by atoms with E-state index in [1.54, 1.807) is 16.7 Å². The molecule has 12 nitrogen and oxygen atoms in total. The highest BCUT2D eigenvalue weighted by Crippen LogP contribution is 2.32. The predicted molar refractivity (Wildman–Crippen MR) is 146 cm³/mol. The first-order valence-corrected chi connectivity index (χ1v) is 13.0. The van der Waals surface area contributed by atoms with E-state index in [1.807, 2.05) is 38.1 Å². The summed E-state index contributed by atoms with van der Waals surface area (Å²) in [5.74, 6) is 0.223. The molecule has 0 bridgehead atoms. The van der Waals surface area contributed by atoms with Crippen LogP contribution in [0.5, 0.6) is 0 Å². The molecule has 4 rings (SSSR count). The van der Waals surface area contributed by atoms with Crippen molar-refractivity contribution >= 4 is 23.1 Å². The number of aliphatic hydroxyl groups excluding tert-OH is 2. The maximum Gasteiger partial charge on any atom is 0.167 e. The number of nitrogen functional groups attached to an aromatic ring is 1. The highest BCUT2D eigenvalue weighted by Gasteiger charge is 2.44. The molecule has 1 aliphatic heterocycles. The minimum absolute atomic E-state index is 0.0999. The van der Waals surface area contributed by atoms with Crippen molar-refractivity contribution in [1.29, 1.82) is 5.26 Å². The van der Waals surface area contributed by atoms with Gasteiger partial charge in [-0.3, -0.25) is 9.47 Å². The Balaban J connectivity index is 1.45. The van der Waals surface area contributed by atoms with Gasteiger partial charge in [0.1, 0.15) is 30.2 Å². The second-order valence-electron chi connectivity index (χ2n) is 9.96. The highest BCUT2D eigenvalue weighted by atomic mass is 16.6. The second kappa shape index (κ2) is 13.1. The fourth-order valence-corrected chi connectivity index (χ4v) is 4.43. The molecule has 1 saturated heterocycles. The van der Waals surface area contributed by atoms with Crippen LogP contribution in [0.4, 0.5) is 5.82 Å².